The van der Waals surface area contributed by atoms with Gasteiger partial charge in [0, 0.05) is 0 Å². The summed E-state index contributed by atoms with van der Waals surface area (Å²) in [6.45, 7) is 4.01. The SMILES string of the molecule is CCC[C@H](NC(N)=O)[C@H](CCC)NC(N)=O. The zero-order chi connectivity index (χ0) is 12.6. The van der Waals surface area contributed by atoms with Crippen molar-refractivity contribution in [3.8, 4) is 0 Å². The van der Waals surface area contributed by atoms with Crippen LogP contribution in [0.3, 0.4) is 0 Å². The van der Waals surface area contributed by atoms with Crippen molar-refractivity contribution in [2.45, 2.75) is 51.6 Å². The highest BCUT2D eigenvalue weighted by atomic mass is 16.2. The summed E-state index contributed by atoms with van der Waals surface area (Å²) in [5.74, 6) is 0. The molecule has 6 nitrogen and oxygen atoms in total. The first-order valence-electron chi connectivity index (χ1n) is 5.63. The number of nitrogens with two attached hydrogens (primary N) is 2. The van der Waals surface area contributed by atoms with E-state index in [2.05, 4.69) is 10.6 Å². The van der Waals surface area contributed by atoms with Crippen LogP contribution in [-0.2, 0) is 0 Å². The Labute approximate surface area is 96.1 Å². The molecule has 0 fully saturated rings. The molecule has 2 atom stereocenters. The van der Waals surface area contributed by atoms with Gasteiger partial charge in [-0.15, -0.1) is 0 Å². The normalized spacial score (nSPS) is 13.9. The van der Waals surface area contributed by atoms with Crippen LogP contribution in [0.15, 0.2) is 0 Å². The quantitative estimate of drug-likeness (QED) is 0.515. The fourth-order valence-corrected chi connectivity index (χ4v) is 1.74. The lowest BCUT2D eigenvalue weighted by Gasteiger charge is -2.27. The largest absolute Gasteiger partial charge is 0.352 e. The third-order valence-electron chi connectivity index (χ3n) is 2.34. The van der Waals surface area contributed by atoms with Crippen LogP contribution in [0.2, 0.25) is 0 Å². The zero-order valence-corrected chi connectivity index (χ0v) is 9.95. The second kappa shape index (κ2) is 7.78. The van der Waals surface area contributed by atoms with Gasteiger partial charge in [-0.3, -0.25) is 0 Å². The van der Waals surface area contributed by atoms with E-state index in [1.807, 2.05) is 13.8 Å². The number of carbonyl (C=O) groups is 2. The van der Waals surface area contributed by atoms with Crippen LogP contribution in [0.1, 0.15) is 39.5 Å². The molecule has 0 saturated heterocycles. The fourth-order valence-electron chi connectivity index (χ4n) is 1.74. The molecule has 0 heterocycles. The van der Waals surface area contributed by atoms with Gasteiger partial charge in [-0.05, 0) is 12.8 Å². The second-order valence-corrected chi connectivity index (χ2v) is 3.81. The molecule has 0 aromatic heterocycles. The second-order valence-electron chi connectivity index (χ2n) is 3.81. The third-order valence-corrected chi connectivity index (χ3v) is 2.34. The molecule has 4 amide bonds. The molecule has 0 radical (unpaired) electrons. The molecule has 94 valence electrons. The molecule has 0 bridgehead atoms. The minimum Gasteiger partial charge on any atom is -0.352 e. The van der Waals surface area contributed by atoms with E-state index in [-0.39, 0.29) is 12.1 Å². The van der Waals surface area contributed by atoms with Crippen LogP contribution in [0.4, 0.5) is 9.59 Å². The minimum absolute atomic E-state index is 0.157. The van der Waals surface area contributed by atoms with E-state index in [9.17, 15) is 9.59 Å². The summed E-state index contributed by atoms with van der Waals surface area (Å²) in [7, 11) is 0. The van der Waals surface area contributed by atoms with E-state index in [4.69, 9.17) is 11.5 Å². The highest BCUT2D eigenvalue weighted by molar-refractivity contribution is 5.73. The molecule has 0 aliphatic rings. The summed E-state index contributed by atoms with van der Waals surface area (Å²) in [6.07, 6.45) is 3.30. The summed E-state index contributed by atoms with van der Waals surface area (Å²) < 4.78 is 0. The molecule has 6 N–H and O–H groups in total. The van der Waals surface area contributed by atoms with E-state index < -0.39 is 12.1 Å². The van der Waals surface area contributed by atoms with Crippen molar-refractivity contribution < 1.29 is 9.59 Å². The van der Waals surface area contributed by atoms with Crippen molar-refractivity contribution in [3.05, 3.63) is 0 Å². The van der Waals surface area contributed by atoms with Crippen molar-refractivity contribution in [2.24, 2.45) is 11.5 Å². The number of urea groups is 2. The Bertz CT molecular complexity index is 209. The molecule has 0 aromatic rings. The topological polar surface area (TPSA) is 110 Å². The minimum atomic E-state index is -0.578. The van der Waals surface area contributed by atoms with E-state index in [0.717, 1.165) is 25.7 Å². The van der Waals surface area contributed by atoms with Gasteiger partial charge in [0.15, 0.2) is 0 Å². The lowest BCUT2D eigenvalue weighted by Crippen LogP contribution is -2.53. The van der Waals surface area contributed by atoms with Crippen molar-refractivity contribution in [1.29, 1.82) is 0 Å². The molecule has 6 heteroatoms. The molecule has 0 rings (SSSR count). The van der Waals surface area contributed by atoms with Crippen molar-refractivity contribution in [2.75, 3.05) is 0 Å². The Morgan fingerprint density at radius 1 is 0.938 bits per heavy atom. The summed E-state index contributed by atoms with van der Waals surface area (Å²) in [5, 5.41) is 5.28. The molecule has 0 spiro atoms. The monoisotopic (exact) mass is 230 g/mol. The third kappa shape index (κ3) is 6.10. The molecule has 0 unspecified atom stereocenters. The number of hydrogen-bond donors (Lipinski definition) is 4. The van der Waals surface area contributed by atoms with Crippen LogP contribution in [0, 0.1) is 0 Å². The maximum atomic E-state index is 10.8. The summed E-state index contributed by atoms with van der Waals surface area (Å²) >= 11 is 0. The van der Waals surface area contributed by atoms with Crippen LogP contribution in [0.25, 0.3) is 0 Å². The Morgan fingerprint density at radius 2 is 1.25 bits per heavy atom. The molecule has 0 aromatic carbocycles. The average Bonchev–Trinajstić information content (AvgIpc) is 2.15. The first-order chi connectivity index (χ1) is 7.51. The maximum absolute atomic E-state index is 10.8. The van der Waals surface area contributed by atoms with Gasteiger partial charge in [-0.1, -0.05) is 26.7 Å². The molecular formula is C10H22N4O2. The van der Waals surface area contributed by atoms with Gasteiger partial charge in [-0.2, -0.15) is 0 Å². The highest BCUT2D eigenvalue weighted by Crippen LogP contribution is 2.08. The number of hydrogen-bond acceptors (Lipinski definition) is 2. The molecule has 0 aliphatic heterocycles. The van der Waals surface area contributed by atoms with Crippen molar-refractivity contribution in [3.63, 3.8) is 0 Å². The maximum Gasteiger partial charge on any atom is 0.312 e. The van der Waals surface area contributed by atoms with E-state index in [0.29, 0.717) is 0 Å². The molecule has 0 saturated carbocycles. The molecule has 16 heavy (non-hydrogen) atoms. The summed E-state index contributed by atoms with van der Waals surface area (Å²) in [4.78, 5) is 21.7. The smallest absolute Gasteiger partial charge is 0.312 e. The van der Waals surface area contributed by atoms with Gasteiger partial charge >= 0.3 is 12.1 Å². The Hall–Kier alpha value is -1.46. The van der Waals surface area contributed by atoms with E-state index >= 15 is 0 Å². The van der Waals surface area contributed by atoms with Gasteiger partial charge in [0.1, 0.15) is 0 Å². The summed E-state index contributed by atoms with van der Waals surface area (Å²) in [5.41, 5.74) is 10.2. The standard InChI is InChI=1S/C10H22N4O2/c1-3-5-7(13-9(11)15)8(6-4-2)14-10(12)16/h7-8H,3-6H2,1-2H3,(H3,11,13,15)(H3,12,14,16)/t7-,8-/m0/s1. The number of primary amides is 2. The van der Waals surface area contributed by atoms with Gasteiger partial charge in [0.05, 0.1) is 12.1 Å². The first kappa shape index (κ1) is 14.5. The van der Waals surface area contributed by atoms with E-state index in [1.54, 1.807) is 0 Å². The number of nitrogens with one attached hydrogen (secondary N) is 2. The fraction of sp³-hybridized carbons (Fsp3) is 0.800. The Balaban J connectivity index is 4.49. The predicted octanol–water partition coefficient (Wildman–Crippen LogP) is 0.660. The van der Waals surface area contributed by atoms with Gasteiger partial charge in [-0.25, -0.2) is 9.59 Å². The number of rotatable bonds is 7. The van der Waals surface area contributed by atoms with Gasteiger partial charge in [0.2, 0.25) is 0 Å². The summed E-state index contributed by atoms with van der Waals surface area (Å²) in [6, 6.07) is -1.47. The van der Waals surface area contributed by atoms with Gasteiger partial charge < -0.3 is 22.1 Å². The lowest BCUT2D eigenvalue weighted by molar-refractivity contribution is 0.229. The van der Waals surface area contributed by atoms with E-state index in [1.165, 1.54) is 0 Å². The zero-order valence-electron chi connectivity index (χ0n) is 9.95. The van der Waals surface area contributed by atoms with Crippen LogP contribution >= 0.6 is 0 Å². The number of amides is 4. The van der Waals surface area contributed by atoms with Gasteiger partial charge in [0.25, 0.3) is 0 Å². The molecule has 0 aliphatic carbocycles. The first-order valence-corrected chi connectivity index (χ1v) is 5.63. The lowest BCUT2D eigenvalue weighted by atomic mass is 9.99. The van der Waals surface area contributed by atoms with Crippen LogP contribution in [-0.4, -0.2) is 24.1 Å². The molecular weight excluding hydrogens is 208 g/mol. The Morgan fingerprint density at radius 3 is 1.44 bits per heavy atom. The van der Waals surface area contributed by atoms with Crippen LogP contribution < -0.4 is 22.1 Å². The van der Waals surface area contributed by atoms with Crippen molar-refractivity contribution >= 4 is 12.1 Å². The number of carbonyl (C=O) groups excluding carboxylic acids is 2. The highest BCUT2D eigenvalue weighted by Gasteiger charge is 2.22. The average molecular weight is 230 g/mol. The Kier molecular flexibility index (Phi) is 7.07. The van der Waals surface area contributed by atoms with Crippen molar-refractivity contribution in [1.82, 2.24) is 10.6 Å². The predicted molar refractivity (Wildman–Crippen MR) is 62.8 cm³/mol. The van der Waals surface area contributed by atoms with Crippen LogP contribution in [0.5, 0.6) is 0 Å².